The van der Waals surface area contributed by atoms with Gasteiger partial charge in [0.1, 0.15) is 35.9 Å². The Morgan fingerprint density at radius 1 is 1.08 bits per heavy atom. The second-order valence-electron chi connectivity index (χ2n) is 14.9. The first-order valence-electron chi connectivity index (χ1n) is 18.1. The van der Waals surface area contributed by atoms with Gasteiger partial charge in [-0.15, -0.1) is 0 Å². The summed E-state index contributed by atoms with van der Waals surface area (Å²) in [6, 6.07) is 9.48. The molecule has 49 heavy (non-hydrogen) atoms. The Labute approximate surface area is 290 Å². The molecule has 2 bridgehead atoms. The van der Waals surface area contributed by atoms with Crippen LogP contribution in [0.15, 0.2) is 77.4 Å². The van der Waals surface area contributed by atoms with E-state index in [1.54, 1.807) is 19.1 Å². The molecule has 4 aliphatic heterocycles. The number of esters is 1. The van der Waals surface area contributed by atoms with Crippen molar-refractivity contribution in [3.05, 3.63) is 83.0 Å². The minimum Gasteiger partial charge on any atom is -0.462 e. The van der Waals surface area contributed by atoms with Crippen LogP contribution in [0, 0.1) is 17.8 Å². The number of ether oxygens (including phenoxy) is 5. The third-order valence-corrected chi connectivity index (χ3v) is 11.3. The molecular weight excluding hydrogens is 624 g/mol. The standard InChI is InChI=1S/C40H54O9/c1-6-34-24(2)17-18-39(49-34)21-31-20-30(48-39)16-15-26(4)36(45-23-33(41)28-12-8-7-9-13-28)25(3)11-10-14-29-22-46-37-35(42)27(5)19-32(38(43)47-31)40(29,37)44/h7-15,19,24-25,30-37,41-42,44H,6,16-18,20-23H2,1-5H3/b11-10+,26-15+,29-14+/t24-,25-,30+,31-,32-,33?,34+,35+,36+,37-,39+,40+/m0/s1. The van der Waals surface area contributed by atoms with Crippen LogP contribution in [0.4, 0.5) is 0 Å². The molecule has 0 aromatic heterocycles. The van der Waals surface area contributed by atoms with Crippen LogP contribution in [0.5, 0.6) is 0 Å². The third kappa shape index (κ3) is 7.40. The Balaban J connectivity index is 1.36. The lowest BCUT2D eigenvalue weighted by molar-refractivity contribution is -0.335. The summed E-state index contributed by atoms with van der Waals surface area (Å²) in [6.45, 7) is 10.3. The molecule has 6 rings (SSSR count). The van der Waals surface area contributed by atoms with Crippen LogP contribution in [-0.4, -0.2) is 82.5 Å². The minimum absolute atomic E-state index is 0.0377. The summed E-state index contributed by atoms with van der Waals surface area (Å²) in [6.07, 6.45) is 9.39. The molecule has 1 aromatic carbocycles. The van der Waals surface area contributed by atoms with Gasteiger partial charge in [0.05, 0.1) is 31.5 Å². The van der Waals surface area contributed by atoms with Crippen molar-refractivity contribution < 1.29 is 43.8 Å². The predicted molar refractivity (Wildman–Crippen MR) is 184 cm³/mol. The quantitative estimate of drug-likeness (QED) is 0.268. The first-order valence-corrected chi connectivity index (χ1v) is 18.1. The Bertz CT molecular complexity index is 1450. The average Bonchev–Trinajstić information content (AvgIpc) is 3.43. The van der Waals surface area contributed by atoms with Crippen LogP contribution in [0.2, 0.25) is 0 Å². The number of carbonyl (C=O) groups excluding carboxylic acids is 1. The van der Waals surface area contributed by atoms with Crippen molar-refractivity contribution in [3.63, 3.8) is 0 Å². The van der Waals surface area contributed by atoms with Crippen molar-refractivity contribution in [2.45, 2.75) is 127 Å². The molecule has 0 amide bonds. The van der Waals surface area contributed by atoms with E-state index in [1.165, 1.54) is 0 Å². The fourth-order valence-corrected chi connectivity index (χ4v) is 8.42. The number of rotatable bonds is 5. The summed E-state index contributed by atoms with van der Waals surface area (Å²) in [7, 11) is 0. The summed E-state index contributed by atoms with van der Waals surface area (Å²) < 4.78 is 32.2. The molecule has 1 spiro atoms. The lowest BCUT2D eigenvalue weighted by Gasteiger charge is -2.50. The van der Waals surface area contributed by atoms with E-state index in [2.05, 4.69) is 26.8 Å². The summed E-state index contributed by atoms with van der Waals surface area (Å²) in [5.74, 6) is -2.20. The Kier molecular flexibility index (Phi) is 11.0. The number of aliphatic hydroxyl groups excluding tert-OH is 2. The first-order chi connectivity index (χ1) is 23.4. The van der Waals surface area contributed by atoms with Gasteiger partial charge in [0.2, 0.25) is 0 Å². The molecule has 0 radical (unpaired) electrons. The highest BCUT2D eigenvalue weighted by molar-refractivity contribution is 5.78. The van der Waals surface area contributed by atoms with Crippen LogP contribution in [-0.2, 0) is 28.5 Å². The summed E-state index contributed by atoms with van der Waals surface area (Å²) in [5, 5.41) is 34.3. The van der Waals surface area contributed by atoms with E-state index in [9.17, 15) is 20.1 Å². The van der Waals surface area contributed by atoms with Crippen molar-refractivity contribution >= 4 is 5.97 Å². The van der Waals surface area contributed by atoms with Gasteiger partial charge in [-0.05, 0) is 61.3 Å². The van der Waals surface area contributed by atoms with Gasteiger partial charge >= 0.3 is 5.97 Å². The van der Waals surface area contributed by atoms with E-state index in [1.807, 2.05) is 49.4 Å². The molecule has 0 saturated carbocycles. The zero-order valence-corrected chi connectivity index (χ0v) is 29.5. The number of aliphatic hydroxyl groups is 3. The van der Waals surface area contributed by atoms with Crippen molar-refractivity contribution in [2.24, 2.45) is 17.8 Å². The summed E-state index contributed by atoms with van der Waals surface area (Å²) in [4.78, 5) is 14.1. The number of fused-ring (bicyclic) bond motifs is 2. The molecule has 268 valence electrons. The van der Waals surface area contributed by atoms with Gasteiger partial charge in [-0.3, -0.25) is 4.79 Å². The van der Waals surface area contributed by atoms with E-state index in [-0.39, 0.29) is 37.4 Å². The molecule has 9 heteroatoms. The Hall–Kier alpha value is -2.63. The summed E-state index contributed by atoms with van der Waals surface area (Å²) >= 11 is 0. The highest BCUT2D eigenvalue weighted by atomic mass is 16.7. The molecule has 12 atom stereocenters. The minimum atomic E-state index is -1.78. The fraction of sp³-hybridized carbons (Fsp3) is 0.625. The molecule has 3 N–H and O–H groups in total. The van der Waals surface area contributed by atoms with Crippen LogP contribution < -0.4 is 0 Å². The van der Waals surface area contributed by atoms with E-state index in [0.717, 1.165) is 24.0 Å². The van der Waals surface area contributed by atoms with E-state index < -0.39 is 47.7 Å². The molecule has 1 aromatic rings. The molecule has 5 aliphatic rings. The normalized spacial score (nSPS) is 43.3. The van der Waals surface area contributed by atoms with Crippen molar-refractivity contribution in [2.75, 3.05) is 13.2 Å². The van der Waals surface area contributed by atoms with Crippen LogP contribution in [0.25, 0.3) is 0 Å². The van der Waals surface area contributed by atoms with Crippen LogP contribution >= 0.6 is 0 Å². The van der Waals surface area contributed by atoms with E-state index >= 15 is 0 Å². The maximum absolute atomic E-state index is 14.1. The number of allylic oxidation sites excluding steroid dienone is 2. The lowest BCUT2D eigenvalue weighted by atomic mass is 9.71. The summed E-state index contributed by atoms with van der Waals surface area (Å²) in [5.41, 5.74) is 1.07. The molecule has 9 nitrogen and oxygen atoms in total. The second kappa shape index (κ2) is 14.9. The van der Waals surface area contributed by atoms with Crippen molar-refractivity contribution in [1.82, 2.24) is 0 Å². The predicted octanol–water partition coefficient (Wildman–Crippen LogP) is 5.65. The smallest absolute Gasteiger partial charge is 0.316 e. The first kappa shape index (κ1) is 36.2. The van der Waals surface area contributed by atoms with Gasteiger partial charge in [0.25, 0.3) is 0 Å². The van der Waals surface area contributed by atoms with Gasteiger partial charge in [-0.25, -0.2) is 0 Å². The largest absolute Gasteiger partial charge is 0.462 e. The van der Waals surface area contributed by atoms with Crippen molar-refractivity contribution in [3.8, 4) is 0 Å². The molecule has 4 heterocycles. The number of hydrogen-bond acceptors (Lipinski definition) is 9. The number of carbonyl (C=O) groups is 1. The molecule has 3 saturated heterocycles. The van der Waals surface area contributed by atoms with E-state index in [0.29, 0.717) is 42.7 Å². The molecular formula is C40H54O9. The highest BCUT2D eigenvalue weighted by Gasteiger charge is 2.60. The van der Waals surface area contributed by atoms with E-state index in [4.69, 9.17) is 23.7 Å². The second-order valence-corrected chi connectivity index (χ2v) is 14.9. The molecule has 1 unspecified atom stereocenters. The van der Waals surface area contributed by atoms with Gasteiger partial charge in [-0.2, -0.15) is 0 Å². The van der Waals surface area contributed by atoms with Gasteiger partial charge < -0.3 is 39.0 Å². The zero-order chi connectivity index (χ0) is 34.9. The maximum Gasteiger partial charge on any atom is 0.316 e. The van der Waals surface area contributed by atoms with Crippen LogP contribution in [0.3, 0.4) is 0 Å². The third-order valence-electron chi connectivity index (χ3n) is 11.3. The maximum atomic E-state index is 14.1. The number of benzene rings is 1. The monoisotopic (exact) mass is 678 g/mol. The van der Waals surface area contributed by atoms with Crippen molar-refractivity contribution in [1.29, 1.82) is 0 Å². The highest BCUT2D eigenvalue weighted by Crippen LogP contribution is 2.47. The van der Waals surface area contributed by atoms with Gasteiger partial charge in [0.15, 0.2) is 5.79 Å². The van der Waals surface area contributed by atoms with Gasteiger partial charge in [0, 0.05) is 25.2 Å². The lowest BCUT2D eigenvalue weighted by Crippen LogP contribution is -2.58. The SMILES string of the molecule is CC[C@H]1O[C@]2(CC[C@@H]1C)C[C@@H]1C[C@@H](C/C=C(\C)[C@H](OCC(O)c3ccccc3)[C@@H](C)/C=C/C=C3\CO[C@H]4[C@H](O)C(C)=C[C@@H](C(=O)O1)[C@]34O)O2. The van der Waals surface area contributed by atoms with Crippen LogP contribution in [0.1, 0.15) is 84.8 Å². The fourth-order valence-electron chi connectivity index (χ4n) is 8.42. The number of hydrogen-bond donors (Lipinski definition) is 3. The van der Waals surface area contributed by atoms with Gasteiger partial charge in [-0.1, -0.05) is 81.5 Å². The zero-order valence-electron chi connectivity index (χ0n) is 29.5. The Morgan fingerprint density at radius 2 is 1.86 bits per heavy atom. The molecule has 3 fully saturated rings. The Morgan fingerprint density at radius 3 is 2.61 bits per heavy atom. The topological polar surface area (TPSA) is 124 Å². The molecule has 1 aliphatic carbocycles. The average molecular weight is 679 g/mol.